The number of benzene rings is 8. The molecular formula is C54H33N3O2S. The maximum atomic E-state index is 6.62. The van der Waals surface area contributed by atoms with Crippen LogP contribution >= 0.6 is 11.3 Å². The number of para-hydroxylation sites is 2. The Labute approximate surface area is 348 Å². The third kappa shape index (κ3) is 4.65. The molecule has 0 aliphatic heterocycles. The minimum Gasteiger partial charge on any atom is -0.456 e. The molecule has 4 aromatic heterocycles. The Balaban J connectivity index is 1.18. The van der Waals surface area contributed by atoms with Gasteiger partial charge in [-0.2, -0.15) is 0 Å². The summed E-state index contributed by atoms with van der Waals surface area (Å²) >= 11 is 1.77. The second kappa shape index (κ2) is 12.3. The van der Waals surface area contributed by atoms with E-state index >= 15 is 0 Å². The fraction of sp³-hybridized carbons (Fsp3) is 0.0556. The van der Waals surface area contributed by atoms with Gasteiger partial charge in [-0.1, -0.05) is 135 Å². The summed E-state index contributed by atoms with van der Waals surface area (Å²) in [6, 6.07) is 57.5. The Morgan fingerprint density at radius 2 is 0.917 bits per heavy atom. The maximum Gasteiger partial charge on any atom is 0.165 e. The van der Waals surface area contributed by atoms with E-state index in [9.17, 15) is 0 Å². The SMILES string of the molecule is CC1(C)c2ccccc2-c2c(-c3ccc4oc5ccccc5c4c3-c3nc(-c4cccc5c4sc4ccccc45)nc(-c4cccc5oc6ccccc6c45)n3)cccc21. The molecule has 6 heteroatoms. The number of rotatable bonds is 4. The number of thiophene rings is 1. The third-order valence-electron chi connectivity index (χ3n) is 12.6. The summed E-state index contributed by atoms with van der Waals surface area (Å²) in [5.41, 5.74) is 13.1. The molecule has 0 amide bonds. The van der Waals surface area contributed by atoms with Gasteiger partial charge in [-0.3, -0.25) is 0 Å². The van der Waals surface area contributed by atoms with Crippen LogP contribution in [0.1, 0.15) is 25.0 Å². The van der Waals surface area contributed by atoms with E-state index in [4.69, 9.17) is 23.8 Å². The molecule has 60 heavy (non-hydrogen) atoms. The molecule has 0 radical (unpaired) electrons. The van der Waals surface area contributed by atoms with Gasteiger partial charge in [0.2, 0.25) is 0 Å². The number of furan rings is 2. The molecule has 0 spiro atoms. The number of hydrogen-bond acceptors (Lipinski definition) is 6. The van der Waals surface area contributed by atoms with Crippen molar-refractivity contribution in [1.29, 1.82) is 0 Å². The highest BCUT2D eigenvalue weighted by molar-refractivity contribution is 7.26. The minimum absolute atomic E-state index is 0.170. The van der Waals surface area contributed by atoms with E-state index in [0.29, 0.717) is 17.5 Å². The van der Waals surface area contributed by atoms with Crippen LogP contribution in [-0.2, 0) is 5.41 Å². The molecule has 0 saturated carbocycles. The first-order valence-corrected chi connectivity index (χ1v) is 21.1. The third-order valence-corrected chi connectivity index (χ3v) is 13.8. The van der Waals surface area contributed by atoms with Gasteiger partial charge in [0, 0.05) is 63.8 Å². The van der Waals surface area contributed by atoms with Crippen molar-refractivity contribution in [3.05, 3.63) is 175 Å². The Hall–Kier alpha value is -7.41. The van der Waals surface area contributed by atoms with Crippen LogP contribution < -0.4 is 0 Å². The average Bonchev–Trinajstić information content (AvgIpc) is 4.04. The van der Waals surface area contributed by atoms with Crippen molar-refractivity contribution < 1.29 is 8.83 Å². The maximum absolute atomic E-state index is 6.62. The highest BCUT2D eigenvalue weighted by atomic mass is 32.1. The van der Waals surface area contributed by atoms with Crippen LogP contribution in [0.5, 0.6) is 0 Å². The van der Waals surface area contributed by atoms with E-state index in [1.165, 1.54) is 37.7 Å². The molecule has 4 heterocycles. The normalized spacial score (nSPS) is 13.3. The lowest BCUT2D eigenvalue weighted by atomic mass is 9.81. The molecular weight excluding hydrogens is 755 g/mol. The van der Waals surface area contributed by atoms with Crippen LogP contribution in [0.25, 0.3) is 120 Å². The fourth-order valence-electron chi connectivity index (χ4n) is 9.87. The first-order chi connectivity index (χ1) is 29.5. The molecule has 282 valence electrons. The van der Waals surface area contributed by atoms with E-state index in [0.717, 1.165) is 76.4 Å². The van der Waals surface area contributed by atoms with E-state index < -0.39 is 0 Å². The predicted octanol–water partition coefficient (Wildman–Crippen LogP) is 15.0. The lowest BCUT2D eigenvalue weighted by Crippen LogP contribution is -2.14. The Morgan fingerprint density at radius 3 is 1.75 bits per heavy atom. The second-order valence-electron chi connectivity index (χ2n) is 16.2. The quantitative estimate of drug-likeness (QED) is 0.178. The first kappa shape index (κ1) is 33.6. The molecule has 8 aromatic carbocycles. The van der Waals surface area contributed by atoms with E-state index in [1.807, 2.05) is 36.4 Å². The predicted molar refractivity (Wildman–Crippen MR) is 247 cm³/mol. The lowest BCUT2D eigenvalue weighted by molar-refractivity contribution is 0.660. The molecule has 1 aliphatic rings. The van der Waals surface area contributed by atoms with Gasteiger partial charge in [0.15, 0.2) is 17.5 Å². The van der Waals surface area contributed by atoms with Gasteiger partial charge in [-0.15, -0.1) is 11.3 Å². The van der Waals surface area contributed by atoms with Gasteiger partial charge in [0.1, 0.15) is 22.3 Å². The molecule has 0 fully saturated rings. The van der Waals surface area contributed by atoms with Crippen LogP contribution in [0.3, 0.4) is 0 Å². The number of fused-ring (bicyclic) bond motifs is 12. The first-order valence-electron chi connectivity index (χ1n) is 20.3. The molecule has 0 bridgehead atoms. The average molecular weight is 788 g/mol. The van der Waals surface area contributed by atoms with Gasteiger partial charge >= 0.3 is 0 Å². The number of aromatic nitrogens is 3. The van der Waals surface area contributed by atoms with Crippen LogP contribution in [0.4, 0.5) is 0 Å². The van der Waals surface area contributed by atoms with Crippen molar-refractivity contribution in [1.82, 2.24) is 15.0 Å². The topological polar surface area (TPSA) is 65.0 Å². The van der Waals surface area contributed by atoms with Crippen molar-refractivity contribution in [2.45, 2.75) is 19.3 Å². The van der Waals surface area contributed by atoms with Gasteiger partial charge in [0.25, 0.3) is 0 Å². The molecule has 0 unspecified atom stereocenters. The van der Waals surface area contributed by atoms with Crippen molar-refractivity contribution in [3.8, 4) is 56.4 Å². The van der Waals surface area contributed by atoms with E-state index in [-0.39, 0.29) is 5.41 Å². The summed E-state index contributed by atoms with van der Waals surface area (Å²) in [5, 5.41) is 6.38. The highest BCUT2D eigenvalue weighted by Crippen LogP contribution is 2.54. The fourth-order valence-corrected chi connectivity index (χ4v) is 11.1. The largest absolute Gasteiger partial charge is 0.456 e. The highest BCUT2D eigenvalue weighted by Gasteiger charge is 2.37. The lowest BCUT2D eigenvalue weighted by Gasteiger charge is -2.22. The summed E-state index contributed by atoms with van der Waals surface area (Å²) in [6.45, 7) is 4.66. The van der Waals surface area contributed by atoms with Gasteiger partial charge in [-0.25, -0.2) is 15.0 Å². The Kier molecular flexibility index (Phi) is 6.88. The molecule has 13 rings (SSSR count). The molecule has 0 atom stereocenters. The van der Waals surface area contributed by atoms with E-state index in [1.54, 1.807) is 11.3 Å². The molecule has 12 aromatic rings. The van der Waals surface area contributed by atoms with Crippen molar-refractivity contribution in [2.24, 2.45) is 0 Å². The molecule has 0 saturated heterocycles. The van der Waals surface area contributed by atoms with Crippen molar-refractivity contribution in [3.63, 3.8) is 0 Å². The zero-order valence-corrected chi connectivity index (χ0v) is 33.5. The summed E-state index contributed by atoms with van der Waals surface area (Å²) in [6.07, 6.45) is 0. The summed E-state index contributed by atoms with van der Waals surface area (Å²) < 4.78 is 15.4. The van der Waals surface area contributed by atoms with Crippen molar-refractivity contribution in [2.75, 3.05) is 0 Å². The van der Waals surface area contributed by atoms with E-state index in [2.05, 4.69) is 141 Å². The van der Waals surface area contributed by atoms with Gasteiger partial charge < -0.3 is 8.83 Å². The van der Waals surface area contributed by atoms with Crippen LogP contribution in [0, 0.1) is 0 Å². The standard InChI is InChI=1S/C54H33N3O2S/c1-54(2)39-22-7-3-15-34(39)46-31(18-12-23-40(46)54)32-28-29-44-48(36-17-5-9-25-42(36)59-44)49(32)53-56-51(37-20-13-26-43-47(37)35-16-4-8-24-41(35)58-43)55-52(57-53)38-21-11-19-33-30-14-6-10-27-45(30)60-50(33)38/h3-29H,1-2H3. The molecule has 1 aliphatic carbocycles. The summed E-state index contributed by atoms with van der Waals surface area (Å²) in [7, 11) is 0. The van der Waals surface area contributed by atoms with Gasteiger partial charge in [-0.05, 0) is 75.8 Å². The minimum atomic E-state index is -0.170. The number of hydrogen-bond donors (Lipinski definition) is 0. The van der Waals surface area contributed by atoms with Crippen LogP contribution in [0.2, 0.25) is 0 Å². The zero-order valence-electron chi connectivity index (χ0n) is 32.7. The van der Waals surface area contributed by atoms with Crippen LogP contribution in [-0.4, -0.2) is 15.0 Å². The Morgan fingerprint density at radius 1 is 0.383 bits per heavy atom. The zero-order chi connectivity index (χ0) is 39.7. The monoisotopic (exact) mass is 787 g/mol. The summed E-state index contributed by atoms with van der Waals surface area (Å²) in [4.78, 5) is 16.5. The second-order valence-corrected chi connectivity index (χ2v) is 17.3. The molecule has 0 N–H and O–H groups in total. The summed E-state index contributed by atoms with van der Waals surface area (Å²) in [5.74, 6) is 1.76. The molecule has 5 nitrogen and oxygen atoms in total. The smallest absolute Gasteiger partial charge is 0.165 e. The van der Waals surface area contributed by atoms with Crippen molar-refractivity contribution >= 4 is 75.4 Å². The Bertz CT molecular complexity index is 3770. The number of nitrogens with zero attached hydrogens (tertiary/aromatic N) is 3. The van der Waals surface area contributed by atoms with Crippen LogP contribution in [0.15, 0.2) is 173 Å². The van der Waals surface area contributed by atoms with Gasteiger partial charge in [0.05, 0.1) is 0 Å².